The SMILES string of the molecule is CC[C@@H](OC(=O)C1CCNC1)c1ccccc1. The summed E-state index contributed by atoms with van der Waals surface area (Å²) in [5, 5.41) is 3.18. The summed E-state index contributed by atoms with van der Waals surface area (Å²) in [6.07, 6.45) is 1.60. The Morgan fingerprint density at radius 1 is 1.47 bits per heavy atom. The first-order chi connectivity index (χ1) is 8.31. The Hall–Kier alpha value is -1.35. The molecule has 1 heterocycles. The van der Waals surface area contributed by atoms with Gasteiger partial charge in [0.15, 0.2) is 0 Å². The van der Waals surface area contributed by atoms with Crippen LogP contribution in [-0.2, 0) is 9.53 Å². The van der Waals surface area contributed by atoms with Crippen LogP contribution in [0.4, 0.5) is 0 Å². The van der Waals surface area contributed by atoms with E-state index in [1.54, 1.807) is 0 Å². The molecule has 0 bridgehead atoms. The van der Waals surface area contributed by atoms with Gasteiger partial charge < -0.3 is 10.1 Å². The van der Waals surface area contributed by atoms with Gasteiger partial charge in [-0.05, 0) is 24.9 Å². The molecule has 92 valence electrons. The Morgan fingerprint density at radius 3 is 2.82 bits per heavy atom. The number of benzene rings is 1. The van der Waals surface area contributed by atoms with Crippen molar-refractivity contribution < 1.29 is 9.53 Å². The normalized spacial score (nSPS) is 21.1. The molecular weight excluding hydrogens is 214 g/mol. The summed E-state index contributed by atoms with van der Waals surface area (Å²) in [5.74, 6) is -0.0292. The number of hydrogen-bond acceptors (Lipinski definition) is 3. The molecule has 1 aliphatic rings. The van der Waals surface area contributed by atoms with Crippen LogP contribution < -0.4 is 5.32 Å². The first-order valence-corrected chi connectivity index (χ1v) is 6.27. The molecule has 0 saturated carbocycles. The van der Waals surface area contributed by atoms with E-state index in [4.69, 9.17) is 4.74 Å². The maximum absolute atomic E-state index is 11.9. The largest absolute Gasteiger partial charge is 0.457 e. The lowest BCUT2D eigenvalue weighted by Gasteiger charge is -2.18. The van der Waals surface area contributed by atoms with Crippen LogP contribution in [0.1, 0.15) is 31.4 Å². The van der Waals surface area contributed by atoms with E-state index < -0.39 is 0 Å². The van der Waals surface area contributed by atoms with Gasteiger partial charge in [0.1, 0.15) is 6.10 Å². The average molecular weight is 233 g/mol. The Balaban J connectivity index is 1.97. The fraction of sp³-hybridized carbons (Fsp3) is 0.500. The summed E-state index contributed by atoms with van der Waals surface area (Å²) in [7, 11) is 0. The van der Waals surface area contributed by atoms with E-state index in [2.05, 4.69) is 5.32 Å². The lowest BCUT2D eigenvalue weighted by Crippen LogP contribution is -2.22. The van der Waals surface area contributed by atoms with Gasteiger partial charge >= 0.3 is 5.97 Å². The quantitative estimate of drug-likeness (QED) is 0.811. The van der Waals surface area contributed by atoms with Crippen molar-refractivity contribution in [2.24, 2.45) is 5.92 Å². The molecule has 1 unspecified atom stereocenters. The van der Waals surface area contributed by atoms with Crippen molar-refractivity contribution >= 4 is 5.97 Å². The number of carbonyl (C=O) groups is 1. The van der Waals surface area contributed by atoms with E-state index in [1.165, 1.54) is 0 Å². The summed E-state index contributed by atoms with van der Waals surface area (Å²) in [6.45, 7) is 3.71. The Bertz CT molecular complexity index is 358. The van der Waals surface area contributed by atoms with Gasteiger partial charge in [-0.3, -0.25) is 4.79 Å². The average Bonchev–Trinajstić information content (AvgIpc) is 2.90. The Labute approximate surface area is 102 Å². The van der Waals surface area contributed by atoms with E-state index in [-0.39, 0.29) is 18.0 Å². The fourth-order valence-corrected chi connectivity index (χ4v) is 2.15. The Kier molecular flexibility index (Phi) is 4.15. The highest BCUT2D eigenvalue weighted by atomic mass is 16.5. The van der Waals surface area contributed by atoms with E-state index in [1.807, 2.05) is 37.3 Å². The Morgan fingerprint density at radius 2 is 2.24 bits per heavy atom. The predicted octanol–water partition coefficient (Wildman–Crippen LogP) is 2.29. The molecule has 1 aromatic carbocycles. The van der Waals surface area contributed by atoms with Crippen molar-refractivity contribution in [1.29, 1.82) is 0 Å². The van der Waals surface area contributed by atoms with Crippen LogP contribution in [0.2, 0.25) is 0 Å². The summed E-state index contributed by atoms with van der Waals surface area (Å²) in [6, 6.07) is 9.94. The maximum Gasteiger partial charge on any atom is 0.310 e. The third kappa shape index (κ3) is 3.07. The maximum atomic E-state index is 11.9. The van der Waals surface area contributed by atoms with Crippen molar-refractivity contribution in [3.05, 3.63) is 35.9 Å². The van der Waals surface area contributed by atoms with Gasteiger partial charge in [0.05, 0.1) is 5.92 Å². The van der Waals surface area contributed by atoms with Crippen LogP contribution in [0.15, 0.2) is 30.3 Å². The van der Waals surface area contributed by atoms with Crippen molar-refractivity contribution in [1.82, 2.24) is 5.32 Å². The second kappa shape index (κ2) is 5.82. The van der Waals surface area contributed by atoms with Gasteiger partial charge in [-0.1, -0.05) is 37.3 Å². The number of rotatable bonds is 4. The molecule has 0 aliphatic carbocycles. The van der Waals surface area contributed by atoms with Crippen molar-refractivity contribution in [3.8, 4) is 0 Å². The lowest BCUT2D eigenvalue weighted by molar-refractivity contribution is -0.154. The van der Waals surface area contributed by atoms with Gasteiger partial charge in [0, 0.05) is 6.54 Å². The van der Waals surface area contributed by atoms with Crippen molar-refractivity contribution in [3.63, 3.8) is 0 Å². The molecule has 2 rings (SSSR count). The fourth-order valence-electron chi connectivity index (χ4n) is 2.15. The van der Waals surface area contributed by atoms with Crippen LogP contribution in [0.5, 0.6) is 0 Å². The van der Waals surface area contributed by atoms with Crippen LogP contribution in [0.25, 0.3) is 0 Å². The van der Waals surface area contributed by atoms with Gasteiger partial charge in [-0.25, -0.2) is 0 Å². The summed E-state index contributed by atoms with van der Waals surface area (Å²) in [4.78, 5) is 11.9. The van der Waals surface area contributed by atoms with Crippen molar-refractivity contribution in [2.45, 2.75) is 25.9 Å². The van der Waals surface area contributed by atoms with Crippen molar-refractivity contribution in [2.75, 3.05) is 13.1 Å². The number of ether oxygens (including phenoxy) is 1. The van der Waals surface area contributed by atoms with Crippen LogP contribution in [0, 0.1) is 5.92 Å². The van der Waals surface area contributed by atoms with E-state index in [0.29, 0.717) is 0 Å². The van der Waals surface area contributed by atoms with Gasteiger partial charge in [0.2, 0.25) is 0 Å². The van der Waals surface area contributed by atoms with E-state index >= 15 is 0 Å². The van der Waals surface area contributed by atoms with Gasteiger partial charge in [0.25, 0.3) is 0 Å². The second-order valence-electron chi connectivity index (χ2n) is 4.43. The molecular formula is C14H19NO2. The summed E-state index contributed by atoms with van der Waals surface area (Å²) in [5.41, 5.74) is 1.08. The first kappa shape index (κ1) is 12.1. The molecule has 1 aromatic rings. The molecule has 0 amide bonds. The third-order valence-electron chi connectivity index (χ3n) is 3.19. The van der Waals surface area contributed by atoms with Crippen LogP contribution in [0.3, 0.4) is 0 Å². The minimum Gasteiger partial charge on any atom is -0.457 e. The van der Waals surface area contributed by atoms with Crippen LogP contribution in [-0.4, -0.2) is 19.1 Å². The summed E-state index contributed by atoms with van der Waals surface area (Å²) < 4.78 is 5.59. The van der Waals surface area contributed by atoms with Gasteiger partial charge in [-0.2, -0.15) is 0 Å². The minimum atomic E-state index is -0.107. The molecule has 1 N–H and O–H groups in total. The number of carbonyl (C=O) groups excluding carboxylic acids is 1. The molecule has 1 saturated heterocycles. The zero-order valence-corrected chi connectivity index (χ0v) is 10.2. The highest BCUT2D eigenvalue weighted by molar-refractivity contribution is 5.73. The molecule has 17 heavy (non-hydrogen) atoms. The number of hydrogen-bond donors (Lipinski definition) is 1. The van der Waals surface area contributed by atoms with E-state index in [0.717, 1.165) is 31.5 Å². The molecule has 0 aromatic heterocycles. The monoisotopic (exact) mass is 233 g/mol. The molecule has 3 heteroatoms. The molecule has 1 aliphatic heterocycles. The number of esters is 1. The van der Waals surface area contributed by atoms with Gasteiger partial charge in [-0.15, -0.1) is 0 Å². The lowest BCUT2D eigenvalue weighted by atomic mass is 10.1. The first-order valence-electron chi connectivity index (χ1n) is 6.27. The molecule has 3 nitrogen and oxygen atoms in total. The molecule has 0 radical (unpaired) electrons. The predicted molar refractivity (Wildman–Crippen MR) is 66.5 cm³/mol. The molecule has 0 spiro atoms. The highest BCUT2D eigenvalue weighted by Gasteiger charge is 2.26. The van der Waals surface area contributed by atoms with Crippen LogP contribution >= 0.6 is 0 Å². The number of nitrogens with one attached hydrogen (secondary N) is 1. The van der Waals surface area contributed by atoms with E-state index in [9.17, 15) is 4.79 Å². The zero-order chi connectivity index (χ0) is 12.1. The standard InChI is InChI=1S/C14H19NO2/c1-2-13(11-6-4-3-5-7-11)17-14(16)12-8-9-15-10-12/h3-7,12-13,15H,2,8-10H2,1H3/t12?,13-/m1/s1. The zero-order valence-electron chi connectivity index (χ0n) is 10.2. The topological polar surface area (TPSA) is 38.3 Å². The minimum absolute atomic E-state index is 0.0350. The summed E-state index contributed by atoms with van der Waals surface area (Å²) >= 11 is 0. The second-order valence-corrected chi connectivity index (χ2v) is 4.43. The molecule has 1 fully saturated rings. The molecule has 2 atom stereocenters. The smallest absolute Gasteiger partial charge is 0.310 e. The highest BCUT2D eigenvalue weighted by Crippen LogP contribution is 2.23. The third-order valence-corrected chi connectivity index (χ3v) is 3.19.